The summed E-state index contributed by atoms with van der Waals surface area (Å²) in [7, 11) is 1.92. The molecule has 0 unspecified atom stereocenters. The summed E-state index contributed by atoms with van der Waals surface area (Å²) in [6.07, 6.45) is 9.29. The number of likely N-dealkylation sites (tertiary alicyclic amines) is 1. The highest BCUT2D eigenvalue weighted by Crippen LogP contribution is 2.42. The van der Waals surface area contributed by atoms with Crippen molar-refractivity contribution in [1.29, 1.82) is 0 Å². The summed E-state index contributed by atoms with van der Waals surface area (Å²) < 4.78 is 9.61. The number of rotatable bonds is 3. The summed E-state index contributed by atoms with van der Waals surface area (Å²) >= 11 is 0. The number of nitrogens with zero attached hydrogens (tertiary/aromatic N) is 6. The molecule has 0 saturated carbocycles. The zero-order valence-electron chi connectivity index (χ0n) is 16.9. The van der Waals surface area contributed by atoms with Crippen molar-refractivity contribution < 1.29 is 9.21 Å². The molecule has 1 saturated heterocycles. The molecule has 0 bridgehead atoms. The van der Waals surface area contributed by atoms with Crippen molar-refractivity contribution in [3.05, 3.63) is 48.6 Å². The number of fused-ring (bicyclic) bond motifs is 2. The van der Waals surface area contributed by atoms with E-state index in [0.29, 0.717) is 6.54 Å². The second-order valence-electron chi connectivity index (χ2n) is 8.08. The third kappa shape index (κ3) is 2.98. The minimum Gasteiger partial charge on any atom is -0.468 e. The van der Waals surface area contributed by atoms with E-state index in [4.69, 9.17) is 9.40 Å². The number of carbonyl (C=O) groups is 1. The van der Waals surface area contributed by atoms with Gasteiger partial charge in [-0.15, -0.1) is 0 Å². The average Bonchev–Trinajstić information content (AvgIpc) is 3.44. The molecule has 1 spiro atoms. The first-order chi connectivity index (χ1) is 14.1. The van der Waals surface area contributed by atoms with Gasteiger partial charge in [-0.3, -0.25) is 14.4 Å². The molecule has 8 heteroatoms. The van der Waals surface area contributed by atoms with Crippen LogP contribution in [0.1, 0.15) is 31.4 Å². The molecule has 3 aromatic rings. The van der Waals surface area contributed by atoms with Crippen molar-refractivity contribution in [2.24, 2.45) is 7.05 Å². The Kier molecular flexibility index (Phi) is 4.31. The number of piperidine rings is 1. The smallest absolute Gasteiger partial charge is 0.220 e. The fraction of sp³-hybridized carbons (Fsp3) is 0.476. The lowest BCUT2D eigenvalue weighted by molar-refractivity contribution is -0.141. The van der Waals surface area contributed by atoms with E-state index < -0.39 is 0 Å². The van der Waals surface area contributed by atoms with Gasteiger partial charge < -0.3 is 13.9 Å². The predicted molar refractivity (Wildman–Crippen MR) is 107 cm³/mol. The first-order valence-corrected chi connectivity index (χ1v) is 10.1. The molecule has 0 atom stereocenters. The molecular weight excluding hydrogens is 368 g/mol. The van der Waals surface area contributed by atoms with Gasteiger partial charge in [-0.1, -0.05) is 0 Å². The Labute approximate surface area is 169 Å². The molecule has 29 heavy (non-hydrogen) atoms. The number of amides is 1. The van der Waals surface area contributed by atoms with Crippen LogP contribution in [0.15, 0.2) is 41.4 Å². The summed E-state index contributed by atoms with van der Waals surface area (Å²) in [6.45, 7) is 5.76. The zero-order chi connectivity index (χ0) is 20.0. The predicted octanol–water partition coefficient (Wildman–Crippen LogP) is 2.23. The SMILES string of the molecule is CC(=O)N1CCn2c(-c3cnn(C)c3)cnc2C12CCN(Cc1ccco1)CC2. The molecule has 3 aromatic heterocycles. The van der Waals surface area contributed by atoms with Gasteiger partial charge in [-0.2, -0.15) is 5.10 Å². The lowest BCUT2D eigenvalue weighted by atomic mass is 9.83. The largest absolute Gasteiger partial charge is 0.468 e. The van der Waals surface area contributed by atoms with Crippen molar-refractivity contribution in [2.75, 3.05) is 19.6 Å². The number of hydrogen-bond donors (Lipinski definition) is 0. The van der Waals surface area contributed by atoms with Crippen LogP contribution in [0.5, 0.6) is 0 Å². The Bertz CT molecular complexity index is 1010. The summed E-state index contributed by atoms with van der Waals surface area (Å²) in [5, 5.41) is 4.31. The standard InChI is InChI=1S/C21H26N6O2/c1-16(28)27-10-9-26-19(17-12-23-24(2)14-17)13-22-20(26)21(27)5-7-25(8-6-21)15-18-4-3-11-29-18/h3-4,11-14H,5-10,15H2,1-2H3. The van der Waals surface area contributed by atoms with Crippen LogP contribution in [0.4, 0.5) is 0 Å². The van der Waals surface area contributed by atoms with Crippen molar-refractivity contribution in [3.63, 3.8) is 0 Å². The Morgan fingerprint density at radius 2 is 2.03 bits per heavy atom. The molecule has 5 rings (SSSR count). The summed E-state index contributed by atoms with van der Waals surface area (Å²) in [5.41, 5.74) is 1.80. The maximum Gasteiger partial charge on any atom is 0.220 e. The second kappa shape index (κ2) is 6.88. The van der Waals surface area contributed by atoms with E-state index in [1.807, 2.05) is 47.4 Å². The van der Waals surface area contributed by atoms with Gasteiger partial charge in [0.1, 0.15) is 17.1 Å². The van der Waals surface area contributed by atoms with Crippen LogP contribution in [-0.4, -0.2) is 54.7 Å². The van der Waals surface area contributed by atoms with E-state index in [9.17, 15) is 4.79 Å². The number of aryl methyl sites for hydroxylation is 1. The van der Waals surface area contributed by atoms with Gasteiger partial charge in [0.25, 0.3) is 0 Å². The van der Waals surface area contributed by atoms with Gasteiger partial charge in [0.2, 0.25) is 5.91 Å². The normalized spacial score (nSPS) is 18.9. The Morgan fingerprint density at radius 3 is 2.69 bits per heavy atom. The number of carbonyl (C=O) groups excluding carboxylic acids is 1. The lowest BCUT2D eigenvalue weighted by Gasteiger charge is -2.50. The molecule has 0 radical (unpaired) electrons. The Morgan fingerprint density at radius 1 is 1.21 bits per heavy atom. The second-order valence-corrected chi connectivity index (χ2v) is 8.08. The van der Waals surface area contributed by atoms with Crippen molar-refractivity contribution >= 4 is 5.91 Å². The number of hydrogen-bond acceptors (Lipinski definition) is 5. The van der Waals surface area contributed by atoms with Crippen LogP contribution in [0, 0.1) is 0 Å². The minimum atomic E-state index is -0.343. The average molecular weight is 394 g/mol. The van der Waals surface area contributed by atoms with Crippen LogP contribution in [0.3, 0.4) is 0 Å². The summed E-state index contributed by atoms with van der Waals surface area (Å²) in [6, 6.07) is 3.94. The van der Waals surface area contributed by atoms with Gasteiger partial charge in [0.05, 0.1) is 30.9 Å². The van der Waals surface area contributed by atoms with Crippen LogP contribution >= 0.6 is 0 Å². The molecule has 1 amide bonds. The lowest BCUT2D eigenvalue weighted by Crippen LogP contribution is -2.59. The van der Waals surface area contributed by atoms with E-state index in [1.54, 1.807) is 13.2 Å². The molecule has 8 nitrogen and oxygen atoms in total. The molecular formula is C21H26N6O2. The molecule has 1 fully saturated rings. The highest BCUT2D eigenvalue weighted by molar-refractivity contribution is 5.75. The van der Waals surface area contributed by atoms with E-state index in [2.05, 4.69) is 14.6 Å². The monoisotopic (exact) mass is 394 g/mol. The highest BCUT2D eigenvalue weighted by atomic mass is 16.3. The Balaban J connectivity index is 1.46. The van der Waals surface area contributed by atoms with E-state index >= 15 is 0 Å². The molecule has 0 aromatic carbocycles. The molecule has 2 aliphatic heterocycles. The van der Waals surface area contributed by atoms with Gasteiger partial charge in [0.15, 0.2) is 0 Å². The first-order valence-electron chi connectivity index (χ1n) is 10.1. The summed E-state index contributed by atoms with van der Waals surface area (Å²) in [4.78, 5) is 21.8. The molecule has 0 aliphatic carbocycles. The van der Waals surface area contributed by atoms with Crippen molar-refractivity contribution in [3.8, 4) is 11.3 Å². The van der Waals surface area contributed by atoms with Crippen LogP contribution in [0.25, 0.3) is 11.3 Å². The number of imidazole rings is 1. The fourth-order valence-electron chi connectivity index (χ4n) is 4.95. The first kappa shape index (κ1) is 18.2. The topological polar surface area (TPSA) is 72.3 Å². The molecule has 5 heterocycles. The molecule has 0 N–H and O–H groups in total. The van der Waals surface area contributed by atoms with Crippen LogP contribution in [0.2, 0.25) is 0 Å². The zero-order valence-corrected chi connectivity index (χ0v) is 16.9. The Hall–Kier alpha value is -2.87. The molecule has 2 aliphatic rings. The fourth-order valence-corrected chi connectivity index (χ4v) is 4.95. The van der Waals surface area contributed by atoms with Gasteiger partial charge in [-0.25, -0.2) is 4.98 Å². The van der Waals surface area contributed by atoms with Crippen LogP contribution in [-0.2, 0) is 30.5 Å². The van der Waals surface area contributed by atoms with Crippen LogP contribution < -0.4 is 0 Å². The van der Waals surface area contributed by atoms with Gasteiger partial charge >= 0.3 is 0 Å². The third-order valence-corrected chi connectivity index (χ3v) is 6.36. The number of furan rings is 1. The van der Waals surface area contributed by atoms with Crippen molar-refractivity contribution in [1.82, 2.24) is 29.1 Å². The van der Waals surface area contributed by atoms with E-state index in [1.165, 1.54) is 0 Å². The maximum absolute atomic E-state index is 12.5. The van der Waals surface area contributed by atoms with Gasteiger partial charge in [0, 0.05) is 51.9 Å². The minimum absolute atomic E-state index is 0.127. The van der Waals surface area contributed by atoms with Crippen molar-refractivity contribution in [2.45, 2.75) is 38.4 Å². The molecule has 152 valence electrons. The van der Waals surface area contributed by atoms with E-state index in [-0.39, 0.29) is 11.4 Å². The summed E-state index contributed by atoms with van der Waals surface area (Å²) in [5.74, 6) is 2.12. The number of aromatic nitrogens is 4. The van der Waals surface area contributed by atoms with E-state index in [0.717, 1.165) is 61.9 Å². The quantitative estimate of drug-likeness (QED) is 0.681. The third-order valence-electron chi connectivity index (χ3n) is 6.36. The maximum atomic E-state index is 12.5. The highest BCUT2D eigenvalue weighted by Gasteiger charge is 2.48. The van der Waals surface area contributed by atoms with Gasteiger partial charge in [-0.05, 0) is 25.0 Å².